The number of nitrogens with zero attached hydrogens (tertiary/aromatic N) is 2. The van der Waals surface area contributed by atoms with Gasteiger partial charge in [0.2, 0.25) is 0 Å². The Kier molecular flexibility index (Phi) is 4.39. The summed E-state index contributed by atoms with van der Waals surface area (Å²) in [5.74, 6) is -0.232. The van der Waals surface area contributed by atoms with Crippen LogP contribution in [0.1, 0.15) is 31.9 Å². The van der Waals surface area contributed by atoms with Gasteiger partial charge in [0.05, 0.1) is 18.6 Å². The molecule has 1 fully saturated rings. The summed E-state index contributed by atoms with van der Waals surface area (Å²) in [4.78, 5) is 15.6. The summed E-state index contributed by atoms with van der Waals surface area (Å²) in [6.07, 6.45) is 9.09. The van der Waals surface area contributed by atoms with Gasteiger partial charge in [0.1, 0.15) is 6.54 Å². The maximum atomic E-state index is 11.3. The van der Waals surface area contributed by atoms with E-state index in [0.29, 0.717) is 6.61 Å². The van der Waals surface area contributed by atoms with Crippen molar-refractivity contribution in [2.75, 3.05) is 13.2 Å². The van der Waals surface area contributed by atoms with Crippen LogP contribution in [0.3, 0.4) is 0 Å². The van der Waals surface area contributed by atoms with Crippen molar-refractivity contribution >= 4 is 12.0 Å². The zero-order valence-electron chi connectivity index (χ0n) is 10.7. The first kappa shape index (κ1) is 12.7. The van der Waals surface area contributed by atoms with E-state index in [1.807, 2.05) is 12.3 Å². The molecule has 2 rings (SSSR count). The molecule has 1 aromatic heterocycles. The monoisotopic (exact) mass is 249 g/mol. The molecule has 0 radical (unpaired) electrons. The van der Waals surface area contributed by atoms with Crippen molar-refractivity contribution in [2.24, 2.45) is 0 Å². The van der Waals surface area contributed by atoms with Crippen molar-refractivity contribution in [3.63, 3.8) is 0 Å². The number of hydrogen-bond donors (Lipinski definition) is 1. The van der Waals surface area contributed by atoms with E-state index in [1.54, 1.807) is 17.8 Å². The summed E-state index contributed by atoms with van der Waals surface area (Å²) in [5.41, 5.74) is 2.10. The quantitative estimate of drug-likeness (QED) is 0.823. The predicted molar refractivity (Wildman–Crippen MR) is 68.7 cm³/mol. The summed E-state index contributed by atoms with van der Waals surface area (Å²) in [6, 6.07) is 0. The van der Waals surface area contributed by atoms with Crippen LogP contribution < -0.4 is 5.32 Å². The fraction of sp³-hybridized carbons (Fsp3) is 0.538. The molecule has 1 N–H and O–H groups in total. The van der Waals surface area contributed by atoms with Gasteiger partial charge in [-0.15, -0.1) is 0 Å². The Labute approximate surface area is 107 Å². The maximum absolute atomic E-state index is 11.3. The standard InChI is InChI=1S/C13H19N3O2/c1-2-18-13(17)9-16-8-12(15-10-16)7-11-5-3-4-6-14-11/h7-8,10,14H,2-6,9H2,1H3. The SMILES string of the molecule is CCOC(=O)Cn1cnc(C=C2CCCCN2)c1. The van der Waals surface area contributed by atoms with Crippen LogP contribution in [-0.4, -0.2) is 28.7 Å². The number of carbonyl (C=O) groups excluding carboxylic acids is 1. The van der Waals surface area contributed by atoms with Crippen LogP contribution in [0, 0.1) is 0 Å². The lowest BCUT2D eigenvalue weighted by molar-refractivity contribution is -0.143. The molecule has 5 heteroatoms. The van der Waals surface area contributed by atoms with Crippen molar-refractivity contribution in [2.45, 2.75) is 32.7 Å². The molecule has 1 aromatic rings. The smallest absolute Gasteiger partial charge is 0.325 e. The number of piperidine rings is 1. The van der Waals surface area contributed by atoms with Gasteiger partial charge in [-0.1, -0.05) is 0 Å². The average Bonchev–Trinajstić information content (AvgIpc) is 2.78. The lowest BCUT2D eigenvalue weighted by Gasteiger charge is -2.15. The van der Waals surface area contributed by atoms with Crippen LogP contribution in [0.4, 0.5) is 0 Å². The maximum Gasteiger partial charge on any atom is 0.325 e. The largest absolute Gasteiger partial charge is 0.465 e. The molecule has 1 aliphatic rings. The molecule has 0 amide bonds. The van der Waals surface area contributed by atoms with Crippen LogP contribution in [0.15, 0.2) is 18.2 Å². The highest BCUT2D eigenvalue weighted by molar-refractivity contribution is 5.69. The molecule has 0 aromatic carbocycles. The third-order valence-corrected chi connectivity index (χ3v) is 2.82. The second kappa shape index (κ2) is 6.23. The van der Waals surface area contributed by atoms with Gasteiger partial charge in [-0.2, -0.15) is 0 Å². The number of nitrogens with one attached hydrogen (secondary N) is 1. The second-order valence-corrected chi connectivity index (χ2v) is 4.33. The van der Waals surface area contributed by atoms with Crippen molar-refractivity contribution in [3.05, 3.63) is 23.9 Å². The average molecular weight is 249 g/mol. The summed E-state index contributed by atoms with van der Waals surface area (Å²) >= 11 is 0. The second-order valence-electron chi connectivity index (χ2n) is 4.33. The number of carbonyl (C=O) groups is 1. The molecular formula is C13H19N3O2. The summed E-state index contributed by atoms with van der Waals surface area (Å²) in [6.45, 7) is 3.47. The van der Waals surface area contributed by atoms with Crippen molar-refractivity contribution in [1.29, 1.82) is 0 Å². The van der Waals surface area contributed by atoms with Crippen LogP contribution >= 0.6 is 0 Å². The summed E-state index contributed by atoms with van der Waals surface area (Å²) in [7, 11) is 0. The first-order valence-corrected chi connectivity index (χ1v) is 6.40. The fourth-order valence-corrected chi connectivity index (χ4v) is 1.97. The van der Waals surface area contributed by atoms with E-state index in [2.05, 4.69) is 10.3 Å². The fourth-order valence-electron chi connectivity index (χ4n) is 1.97. The van der Waals surface area contributed by atoms with Gasteiger partial charge in [0.25, 0.3) is 0 Å². The third kappa shape index (κ3) is 3.61. The van der Waals surface area contributed by atoms with Gasteiger partial charge >= 0.3 is 5.97 Å². The predicted octanol–water partition coefficient (Wildman–Crippen LogP) is 1.56. The van der Waals surface area contributed by atoms with Crippen LogP contribution in [0.25, 0.3) is 6.08 Å². The minimum Gasteiger partial charge on any atom is -0.465 e. The van der Waals surface area contributed by atoms with E-state index in [4.69, 9.17) is 4.74 Å². The van der Waals surface area contributed by atoms with E-state index in [-0.39, 0.29) is 12.5 Å². The molecule has 1 saturated heterocycles. The number of rotatable bonds is 4. The Morgan fingerprint density at radius 2 is 2.50 bits per heavy atom. The van der Waals surface area contributed by atoms with E-state index in [9.17, 15) is 4.79 Å². The summed E-state index contributed by atoms with van der Waals surface area (Å²) < 4.78 is 6.63. The van der Waals surface area contributed by atoms with E-state index in [1.165, 1.54) is 18.5 Å². The Balaban J connectivity index is 1.95. The van der Waals surface area contributed by atoms with Gasteiger partial charge in [-0.3, -0.25) is 4.79 Å². The minimum absolute atomic E-state index is 0.220. The van der Waals surface area contributed by atoms with Crippen molar-refractivity contribution in [3.8, 4) is 0 Å². The lowest BCUT2D eigenvalue weighted by atomic mass is 10.1. The van der Waals surface area contributed by atoms with Gasteiger partial charge in [-0.05, 0) is 32.3 Å². The normalized spacial score (nSPS) is 17.5. The first-order chi connectivity index (χ1) is 8.78. The van der Waals surface area contributed by atoms with Crippen LogP contribution in [0.5, 0.6) is 0 Å². The molecule has 5 nitrogen and oxygen atoms in total. The Morgan fingerprint density at radius 3 is 3.22 bits per heavy atom. The first-order valence-electron chi connectivity index (χ1n) is 6.40. The number of aromatic nitrogens is 2. The highest BCUT2D eigenvalue weighted by Gasteiger charge is 2.06. The zero-order valence-corrected chi connectivity index (χ0v) is 10.7. The Bertz CT molecular complexity index is 429. The molecule has 0 bridgehead atoms. The summed E-state index contributed by atoms with van der Waals surface area (Å²) in [5, 5.41) is 3.36. The Hall–Kier alpha value is -1.78. The molecule has 98 valence electrons. The number of esters is 1. The minimum atomic E-state index is -0.232. The van der Waals surface area contributed by atoms with Gasteiger partial charge in [0, 0.05) is 18.4 Å². The van der Waals surface area contributed by atoms with E-state index < -0.39 is 0 Å². The van der Waals surface area contributed by atoms with E-state index in [0.717, 1.165) is 18.7 Å². The molecule has 0 unspecified atom stereocenters. The Morgan fingerprint density at radius 1 is 1.61 bits per heavy atom. The molecule has 0 atom stereocenters. The molecule has 0 saturated carbocycles. The van der Waals surface area contributed by atoms with Crippen molar-refractivity contribution < 1.29 is 9.53 Å². The van der Waals surface area contributed by atoms with E-state index >= 15 is 0 Å². The molecule has 2 heterocycles. The number of ether oxygens (including phenoxy) is 1. The highest BCUT2D eigenvalue weighted by atomic mass is 16.5. The third-order valence-electron chi connectivity index (χ3n) is 2.82. The molecular weight excluding hydrogens is 230 g/mol. The lowest BCUT2D eigenvalue weighted by Crippen LogP contribution is -2.19. The van der Waals surface area contributed by atoms with Crippen molar-refractivity contribution in [1.82, 2.24) is 14.9 Å². The molecule has 0 aliphatic carbocycles. The molecule has 18 heavy (non-hydrogen) atoms. The number of hydrogen-bond acceptors (Lipinski definition) is 4. The number of imidazole rings is 1. The molecule has 1 aliphatic heterocycles. The van der Waals surface area contributed by atoms with Gasteiger partial charge in [0.15, 0.2) is 0 Å². The number of allylic oxidation sites excluding steroid dienone is 1. The van der Waals surface area contributed by atoms with Crippen LogP contribution in [0.2, 0.25) is 0 Å². The highest BCUT2D eigenvalue weighted by Crippen LogP contribution is 2.13. The topological polar surface area (TPSA) is 56.2 Å². The molecule has 0 spiro atoms. The van der Waals surface area contributed by atoms with Gasteiger partial charge < -0.3 is 14.6 Å². The van der Waals surface area contributed by atoms with Gasteiger partial charge in [-0.25, -0.2) is 4.98 Å². The van der Waals surface area contributed by atoms with Crippen LogP contribution in [-0.2, 0) is 16.1 Å². The zero-order chi connectivity index (χ0) is 12.8.